The summed E-state index contributed by atoms with van der Waals surface area (Å²) in [6.45, 7) is 0.141. The highest BCUT2D eigenvalue weighted by Gasteiger charge is 2.37. The van der Waals surface area contributed by atoms with Crippen molar-refractivity contribution in [3.05, 3.63) is 24.3 Å². The molecule has 0 aromatic heterocycles. The number of benzene rings is 1. The fourth-order valence-electron chi connectivity index (χ4n) is 3.12. The van der Waals surface area contributed by atoms with Crippen LogP contribution >= 0.6 is 11.8 Å². The largest absolute Gasteiger partial charge is 0.455 e. The summed E-state index contributed by atoms with van der Waals surface area (Å²) in [6, 6.07) is 7.54. The summed E-state index contributed by atoms with van der Waals surface area (Å²) in [5, 5.41) is 0. The second-order valence-corrected chi connectivity index (χ2v) is 7.13. The van der Waals surface area contributed by atoms with E-state index in [1.807, 2.05) is 30.5 Å². The van der Waals surface area contributed by atoms with Crippen molar-refractivity contribution >= 4 is 41.1 Å². The van der Waals surface area contributed by atoms with E-state index in [2.05, 4.69) is 0 Å². The lowest BCUT2D eigenvalue weighted by atomic mass is 10.1. The average molecular weight is 376 g/mol. The highest BCUT2D eigenvalue weighted by molar-refractivity contribution is 7.98. The first-order valence-corrected chi connectivity index (χ1v) is 9.66. The van der Waals surface area contributed by atoms with Crippen LogP contribution in [0.4, 0.5) is 5.69 Å². The van der Waals surface area contributed by atoms with Crippen molar-refractivity contribution in [1.29, 1.82) is 0 Å². The van der Waals surface area contributed by atoms with Crippen molar-refractivity contribution in [1.82, 2.24) is 4.90 Å². The molecule has 2 heterocycles. The predicted octanol–water partition coefficient (Wildman–Crippen LogP) is 1.45. The molecule has 2 saturated heterocycles. The topological polar surface area (TPSA) is 84.0 Å². The first-order valence-electron chi connectivity index (χ1n) is 8.44. The van der Waals surface area contributed by atoms with Gasteiger partial charge in [0.1, 0.15) is 0 Å². The summed E-state index contributed by atoms with van der Waals surface area (Å²) in [7, 11) is 0. The van der Waals surface area contributed by atoms with Crippen molar-refractivity contribution in [2.75, 3.05) is 30.9 Å². The van der Waals surface area contributed by atoms with Crippen LogP contribution in [-0.2, 0) is 23.9 Å². The number of anilines is 1. The summed E-state index contributed by atoms with van der Waals surface area (Å²) in [5.74, 6) is -2.08. The monoisotopic (exact) mass is 376 g/mol. The van der Waals surface area contributed by atoms with Crippen molar-refractivity contribution in [2.45, 2.75) is 24.2 Å². The smallest absolute Gasteiger partial charge is 0.311 e. The van der Waals surface area contributed by atoms with Gasteiger partial charge in [-0.25, -0.2) is 0 Å². The van der Waals surface area contributed by atoms with Gasteiger partial charge in [-0.05, 0) is 36.9 Å². The zero-order valence-electron chi connectivity index (χ0n) is 14.5. The molecule has 1 aromatic rings. The maximum Gasteiger partial charge on any atom is 0.311 e. The van der Waals surface area contributed by atoms with Crippen LogP contribution in [0.25, 0.3) is 0 Å². The predicted molar refractivity (Wildman–Crippen MR) is 95.6 cm³/mol. The van der Waals surface area contributed by atoms with Crippen LogP contribution in [0.2, 0.25) is 0 Å². The number of thioether (sulfide) groups is 1. The van der Waals surface area contributed by atoms with Gasteiger partial charge >= 0.3 is 5.97 Å². The molecule has 0 radical (unpaired) electrons. The molecule has 3 rings (SSSR count). The number of amides is 3. The minimum atomic E-state index is -0.607. The van der Waals surface area contributed by atoms with E-state index >= 15 is 0 Å². The number of hydrogen-bond donors (Lipinski definition) is 0. The third-order valence-electron chi connectivity index (χ3n) is 4.55. The van der Waals surface area contributed by atoms with Crippen LogP contribution in [0.5, 0.6) is 0 Å². The van der Waals surface area contributed by atoms with E-state index in [1.165, 1.54) is 0 Å². The fraction of sp³-hybridized carbons (Fsp3) is 0.444. The van der Waals surface area contributed by atoms with E-state index in [-0.39, 0.29) is 24.8 Å². The lowest BCUT2D eigenvalue weighted by molar-refractivity contribution is -0.157. The number of carbonyl (C=O) groups is 4. The number of rotatable bonds is 5. The van der Waals surface area contributed by atoms with Crippen molar-refractivity contribution in [3.8, 4) is 0 Å². The third-order valence-corrected chi connectivity index (χ3v) is 5.30. The molecule has 1 unspecified atom stereocenters. The second-order valence-electron chi connectivity index (χ2n) is 6.25. The summed E-state index contributed by atoms with van der Waals surface area (Å²) in [5.41, 5.74) is 0.738. The lowest BCUT2D eigenvalue weighted by Gasteiger charge is -2.17. The quantitative estimate of drug-likeness (QED) is 0.571. The Morgan fingerprint density at radius 1 is 1.19 bits per heavy atom. The number of nitrogens with zero attached hydrogens (tertiary/aromatic N) is 2. The fourth-order valence-corrected chi connectivity index (χ4v) is 3.53. The number of imide groups is 1. The number of ether oxygens (including phenoxy) is 1. The molecule has 138 valence electrons. The summed E-state index contributed by atoms with van der Waals surface area (Å²) < 4.78 is 5.05. The van der Waals surface area contributed by atoms with Gasteiger partial charge in [-0.15, -0.1) is 11.8 Å². The maximum atomic E-state index is 12.2. The van der Waals surface area contributed by atoms with E-state index in [0.29, 0.717) is 19.4 Å². The van der Waals surface area contributed by atoms with E-state index in [9.17, 15) is 19.2 Å². The Balaban J connectivity index is 1.54. The highest BCUT2D eigenvalue weighted by Crippen LogP contribution is 2.27. The van der Waals surface area contributed by atoms with Gasteiger partial charge in [0.05, 0.1) is 5.92 Å². The Labute approximate surface area is 155 Å². The van der Waals surface area contributed by atoms with Crippen LogP contribution in [0.15, 0.2) is 29.2 Å². The molecule has 1 atom stereocenters. The molecule has 2 aliphatic heterocycles. The average Bonchev–Trinajstić information content (AvgIpc) is 3.25. The summed E-state index contributed by atoms with van der Waals surface area (Å²) in [6.07, 6.45) is 3.01. The second kappa shape index (κ2) is 7.90. The molecule has 7 nitrogen and oxygen atoms in total. The Hall–Kier alpha value is -2.35. The Morgan fingerprint density at radius 3 is 2.54 bits per heavy atom. The molecule has 26 heavy (non-hydrogen) atoms. The molecule has 0 saturated carbocycles. The van der Waals surface area contributed by atoms with Gasteiger partial charge in [0.2, 0.25) is 11.8 Å². The number of carbonyl (C=O) groups excluding carboxylic acids is 4. The Kier molecular flexibility index (Phi) is 5.61. The molecule has 1 aromatic carbocycles. The highest BCUT2D eigenvalue weighted by atomic mass is 32.2. The summed E-state index contributed by atoms with van der Waals surface area (Å²) >= 11 is 1.61. The van der Waals surface area contributed by atoms with Gasteiger partial charge in [0.25, 0.3) is 5.91 Å². The third kappa shape index (κ3) is 3.90. The van der Waals surface area contributed by atoms with E-state index in [4.69, 9.17) is 4.74 Å². The van der Waals surface area contributed by atoms with Crippen LogP contribution in [-0.4, -0.2) is 54.5 Å². The molecule has 2 aliphatic rings. The summed E-state index contributed by atoms with van der Waals surface area (Å²) in [4.78, 5) is 51.7. The van der Waals surface area contributed by atoms with Crippen LogP contribution in [0.3, 0.4) is 0 Å². The van der Waals surface area contributed by atoms with Gasteiger partial charge in [0.15, 0.2) is 6.61 Å². The lowest BCUT2D eigenvalue weighted by Crippen LogP contribution is -2.36. The Morgan fingerprint density at radius 2 is 1.92 bits per heavy atom. The number of hydrogen-bond acceptors (Lipinski definition) is 6. The molecule has 0 spiro atoms. The van der Waals surface area contributed by atoms with Gasteiger partial charge < -0.3 is 9.64 Å². The van der Waals surface area contributed by atoms with Crippen molar-refractivity contribution in [3.63, 3.8) is 0 Å². The van der Waals surface area contributed by atoms with Gasteiger partial charge in [-0.3, -0.25) is 24.1 Å². The molecular weight excluding hydrogens is 356 g/mol. The molecule has 8 heteroatoms. The first-order chi connectivity index (χ1) is 12.5. The molecule has 0 bridgehead atoms. The van der Waals surface area contributed by atoms with Gasteiger partial charge in [-0.2, -0.15) is 0 Å². The van der Waals surface area contributed by atoms with Gasteiger partial charge in [0, 0.05) is 36.5 Å². The zero-order chi connectivity index (χ0) is 18.7. The Bertz CT molecular complexity index is 734. The van der Waals surface area contributed by atoms with E-state index in [0.717, 1.165) is 15.5 Å². The number of likely N-dealkylation sites (tertiary alicyclic amines) is 1. The van der Waals surface area contributed by atoms with E-state index < -0.39 is 24.4 Å². The minimum Gasteiger partial charge on any atom is -0.455 e. The number of esters is 1. The maximum absolute atomic E-state index is 12.2. The van der Waals surface area contributed by atoms with Crippen molar-refractivity contribution in [2.24, 2.45) is 5.92 Å². The SMILES string of the molecule is CSc1ccc(N2CC(C(=O)OCC(=O)N3CCCC3=O)CC2=O)cc1. The minimum absolute atomic E-state index is 0.0555. The molecular formula is C18H20N2O5S. The standard InChI is InChI=1S/C18H20N2O5S/c1-26-14-6-4-13(5-7-14)20-10-12(9-16(20)22)18(24)25-11-17(23)19-8-2-3-15(19)21/h4-7,12H,2-3,8-11H2,1H3. The van der Waals surface area contributed by atoms with Crippen LogP contribution in [0.1, 0.15) is 19.3 Å². The zero-order valence-corrected chi connectivity index (χ0v) is 15.3. The normalized spacial score (nSPS) is 20.0. The van der Waals surface area contributed by atoms with Gasteiger partial charge in [-0.1, -0.05) is 0 Å². The molecule has 2 fully saturated rings. The molecule has 0 N–H and O–H groups in total. The van der Waals surface area contributed by atoms with Crippen LogP contribution < -0.4 is 4.90 Å². The molecule has 0 aliphatic carbocycles. The molecule has 3 amide bonds. The van der Waals surface area contributed by atoms with Crippen LogP contribution in [0, 0.1) is 5.92 Å². The first kappa shape index (κ1) is 18.4. The van der Waals surface area contributed by atoms with E-state index in [1.54, 1.807) is 16.7 Å². The van der Waals surface area contributed by atoms with Crippen molar-refractivity contribution < 1.29 is 23.9 Å².